The van der Waals surface area contributed by atoms with Crippen molar-refractivity contribution in [3.05, 3.63) is 0 Å². The van der Waals surface area contributed by atoms with Crippen molar-refractivity contribution in [3.63, 3.8) is 0 Å². The summed E-state index contributed by atoms with van der Waals surface area (Å²) in [6.45, 7) is 4.20. The first kappa shape index (κ1) is 16.8. The topological polar surface area (TPSA) is 55.8 Å². The second-order valence-corrected chi connectivity index (χ2v) is 6.83. The van der Waals surface area contributed by atoms with E-state index in [9.17, 15) is 4.79 Å². The third-order valence-corrected chi connectivity index (χ3v) is 3.41. The van der Waals surface area contributed by atoms with Gasteiger partial charge in [0.15, 0.2) is 6.79 Å². The van der Waals surface area contributed by atoms with E-state index < -0.39 is 12.1 Å². The summed E-state index contributed by atoms with van der Waals surface area (Å²) in [5.41, 5.74) is -0.410. The molecule has 0 bridgehead atoms. The van der Waals surface area contributed by atoms with E-state index in [0.29, 0.717) is 6.42 Å². The standard InChI is InChI=1S/C11H21O4PS/c1-11(2,3)15-10(13)7-5-4-6-8-16(17)14-9-12/h8,12H,4-7,9H2,1-3H3. The predicted octanol–water partition coefficient (Wildman–Crippen LogP) is 2.52. The molecule has 4 nitrogen and oxygen atoms in total. The molecule has 0 aromatic rings. The van der Waals surface area contributed by atoms with Crippen LogP contribution in [0, 0.1) is 0 Å². The fourth-order valence-electron chi connectivity index (χ4n) is 1.11. The van der Waals surface area contributed by atoms with Crippen LogP contribution >= 0.6 is 6.55 Å². The summed E-state index contributed by atoms with van der Waals surface area (Å²) < 4.78 is 10.0. The molecule has 0 saturated carbocycles. The molecule has 0 aromatic carbocycles. The van der Waals surface area contributed by atoms with Crippen LogP contribution in [0.1, 0.15) is 46.5 Å². The molecule has 0 spiro atoms. The van der Waals surface area contributed by atoms with Gasteiger partial charge in [-0.1, -0.05) is 0 Å². The molecule has 0 aliphatic heterocycles. The predicted molar refractivity (Wildman–Crippen MR) is 72.8 cm³/mol. The van der Waals surface area contributed by atoms with Crippen molar-refractivity contribution < 1.29 is 19.2 Å². The Morgan fingerprint density at radius 3 is 2.59 bits per heavy atom. The van der Waals surface area contributed by atoms with E-state index in [1.807, 2.05) is 26.6 Å². The maximum absolute atomic E-state index is 11.4. The molecule has 0 aliphatic rings. The Morgan fingerprint density at radius 1 is 1.41 bits per heavy atom. The Hall–Kier alpha value is -0.220. The van der Waals surface area contributed by atoms with Crippen molar-refractivity contribution in [1.82, 2.24) is 0 Å². The molecule has 100 valence electrons. The number of hydrogen-bond acceptors (Lipinski definition) is 5. The third-order valence-electron chi connectivity index (χ3n) is 1.72. The van der Waals surface area contributed by atoms with Crippen LogP contribution in [0.3, 0.4) is 0 Å². The molecule has 17 heavy (non-hydrogen) atoms. The van der Waals surface area contributed by atoms with Crippen molar-refractivity contribution in [1.29, 1.82) is 0 Å². The zero-order valence-corrected chi connectivity index (χ0v) is 12.4. The summed E-state index contributed by atoms with van der Waals surface area (Å²) in [6.07, 6.45) is 2.89. The van der Waals surface area contributed by atoms with Crippen molar-refractivity contribution in [2.24, 2.45) is 0 Å². The van der Waals surface area contributed by atoms with Crippen LogP contribution in [0.5, 0.6) is 0 Å². The SMILES string of the molecule is CC(C)(C)OC(=O)CCCC/C=P(=S)/OCO. The first-order valence-corrected chi connectivity index (χ1v) is 7.94. The van der Waals surface area contributed by atoms with E-state index in [2.05, 4.69) is 0 Å². The van der Waals surface area contributed by atoms with Crippen LogP contribution in [0.2, 0.25) is 0 Å². The largest absolute Gasteiger partial charge is 0.460 e. The van der Waals surface area contributed by atoms with Gasteiger partial charge in [0.25, 0.3) is 0 Å². The Bertz CT molecular complexity index is 303. The average molecular weight is 280 g/mol. The monoisotopic (exact) mass is 280 g/mol. The zero-order chi connectivity index (χ0) is 13.3. The highest BCUT2D eigenvalue weighted by Gasteiger charge is 2.15. The highest BCUT2D eigenvalue weighted by molar-refractivity contribution is 8.02. The number of aliphatic hydroxyl groups excluding tert-OH is 1. The second-order valence-electron chi connectivity index (χ2n) is 4.56. The summed E-state index contributed by atoms with van der Waals surface area (Å²) in [5, 5.41) is 8.47. The van der Waals surface area contributed by atoms with Crippen molar-refractivity contribution in [2.75, 3.05) is 6.79 Å². The summed E-state index contributed by atoms with van der Waals surface area (Å²) in [4.78, 5) is 11.4. The second kappa shape index (κ2) is 8.81. The van der Waals surface area contributed by atoms with E-state index in [1.54, 1.807) is 0 Å². The minimum absolute atomic E-state index is 0.162. The van der Waals surface area contributed by atoms with Gasteiger partial charge in [0, 0.05) is 6.42 Å². The number of hydrogen-bond donors (Lipinski definition) is 1. The molecular weight excluding hydrogens is 259 g/mol. The fraction of sp³-hybridized carbons (Fsp3) is 0.818. The smallest absolute Gasteiger partial charge is 0.306 e. The molecule has 6 heteroatoms. The van der Waals surface area contributed by atoms with Crippen LogP contribution in [-0.2, 0) is 25.9 Å². The van der Waals surface area contributed by atoms with Crippen LogP contribution < -0.4 is 0 Å². The summed E-state index contributed by atoms with van der Waals surface area (Å²) in [5.74, 6) is 1.71. The molecule has 1 unspecified atom stereocenters. The highest BCUT2D eigenvalue weighted by atomic mass is 32.4. The Labute approximate surface area is 108 Å². The maximum atomic E-state index is 11.4. The minimum Gasteiger partial charge on any atom is -0.460 e. The molecule has 0 fully saturated rings. The molecule has 1 atom stereocenters. The van der Waals surface area contributed by atoms with E-state index in [4.69, 9.17) is 26.2 Å². The van der Waals surface area contributed by atoms with Gasteiger partial charge in [0.1, 0.15) is 5.60 Å². The lowest BCUT2D eigenvalue weighted by atomic mass is 10.2. The maximum Gasteiger partial charge on any atom is 0.306 e. The molecule has 0 radical (unpaired) electrons. The third kappa shape index (κ3) is 12.0. The van der Waals surface area contributed by atoms with E-state index in [0.717, 1.165) is 19.3 Å². The fourth-order valence-corrected chi connectivity index (χ4v) is 2.18. The number of carbonyl (C=O) groups is 1. The molecule has 0 aliphatic carbocycles. The highest BCUT2D eigenvalue weighted by Crippen LogP contribution is 2.12. The van der Waals surface area contributed by atoms with Gasteiger partial charge in [0.2, 0.25) is 0 Å². The molecule has 0 amide bonds. The molecule has 0 aromatic heterocycles. The van der Waals surface area contributed by atoms with Gasteiger partial charge < -0.3 is 9.84 Å². The van der Waals surface area contributed by atoms with Gasteiger partial charge in [-0.05, 0) is 57.6 Å². The number of aliphatic hydroxyl groups is 1. The lowest BCUT2D eigenvalue weighted by Crippen LogP contribution is -2.23. The van der Waals surface area contributed by atoms with Gasteiger partial charge in [-0.2, -0.15) is 0 Å². The molecule has 0 rings (SSSR count). The van der Waals surface area contributed by atoms with Gasteiger partial charge >= 0.3 is 5.97 Å². The van der Waals surface area contributed by atoms with Crippen LogP contribution in [0.4, 0.5) is 0 Å². The summed E-state index contributed by atoms with van der Waals surface area (Å²) in [7, 11) is 0. The molecule has 1 N–H and O–H groups in total. The van der Waals surface area contributed by atoms with Gasteiger partial charge in [-0.15, -0.1) is 0 Å². The number of carbonyl (C=O) groups excluding carboxylic acids is 1. The number of ether oxygens (including phenoxy) is 1. The Morgan fingerprint density at radius 2 is 2.06 bits per heavy atom. The van der Waals surface area contributed by atoms with Gasteiger partial charge in [-0.25, -0.2) is 0 Å². The normalized spacial score (nSPS) is 12.6. The van der Waals surface area contributed by atoms with E-state index in [-0.39, 0.29) is 12.8 Å². The average Bonchev–Trinajstić information content (AvgIpc) is 2.14. The first-order valence-electron chi connectivity index (χ1n) is 5.60. The van der Waals surface area contributed by atoms with Crippen LogP contribution in [0.25, 0.3) is 0 Å². The summed E-state index contributed by atoms with van der Waals surface area (Å²) >= 11 is 4.94. The lowest BCUT2D eigenvalue weighted by Gasteiger charge is -2.19. The number of unbranched alkanes of at least 4 members (excludes halogenated alkanes) is 2. The number of rotatable bonds is 7. The van der Waals surface area contributed by atoms with Gasteiger partial charge in [-0.3, -0.25) is 9.32 Å². The van der Waals surface area contributed by atoms with Crippen molar-refractivity contribution in [3.8, 4) is 0 Å². The molecule has 0 heterocycles. The Kier molecular flexibility index (Phi) is 8.70. The number of esters is 1. The van der Waals surface area contributed by atoms with Gasteiger partial charge in [0.05, 0.1) is 6.55 Å². The summed E-state index contributed by atoms with van der Waals surface area (Å²) in [6, 6.07) is 0. The first-order chi connectivity index (χ1) is 7.85. The van der Waals surface area contributed by atoms with Crippen molar-refractivity contribution >= 4 is 30.1 Å². The minimum atomic E-state index is -1.04. The Balaban J connectivity index is 3.62. The molecule has 0 saturated heterocycles. The molecular formula is C11H21O4PS. The van der Waals surface area contributed by atoms with Crippen molar-refractivity contribution in [2.45, 2.75) is 52.1 Å². The van der Waals surface area contributed by atoms with E-state index in [1.165, 1.54) is 0 Å². The van der Waals surface area contributed by atoms with Crippen LogP contribution in [0.15, 0.2) is 0 Å². The quantitative estimate of drug-likeness (QED) is 0.336. The van der Waals surface area contributed by atoms with E-state index >= 15 is 0 Å². The zero-order valence-electron chi connectivity index (χ0n) is 10.6. The lowest BCUT2D eigenvalue weighted by molar-refractivity contribution is -0.154. The van der Waals surface area contributed by atoms with Crippen LogP contribution in [-0.4, -0.2) is 29.3 Å².